The second kappa shape index (κ2) is 6.68. The van der Waals surface area contributed by atoms with E-state index in [1.165, 1.54) is 0 Å². The van der Waals surface area contributed by atoms with E-state index < -0.39 is 10.0 Å². The predicted octanol–water partition coefficient (Wildman–Crippen LogP) is 3.39. The van der Waals surface area contributed by atoms with Crippen molar-refractivity contribution in [3.05, 3.63) is 70.9 Å². The van der Waals surface area contributed by atoms with Crippen LogP contribution >= 0.6 is 0 Å². The van der Waals surface area contributed by atoms with Gasteiger partial charge < -0.3 is 4.52 Å². The van der Waals surface area contributed by atoms with Crippen molar-refractivity contribution in [2.45, 2.75) is 32.1 Å². The van der Waals surface area contributed by atoms with Gasteiger partial charge in [-0.25, -0.2) is 8.42 Å². The minimum Gasteiger partial charge on any atom is -0.339 e. The van der Waals surface area contributed by atoms with E-state index in [1.807, 2.05) is 26.0 Å². The van der Waals surface area contributed by atoms with Gasteiger partial charge in [-0.05, 0) is 55.7 Å². The van der Waals surface area contributed by atoms with Crippen LogP contribution in [0.3, 0.4) is 0 Å². The Morgan fingerprint density at radius 2 is 1.80 bits per heavy atom. The highest BCUT2D eigenvalue weighted by atomic mass is 32.2. The van der Waals surface area contributed by atoms with Crippen LogP contribution in [0.5, 0.6) is 0 Å². The summed E-state index contributed by atoms with van der Waals surface area (Å²) in [5.74, 6) is 0.985. The van der Waals surface area contributed by atoms with E-state index in [9.17, 15) is 8.42 Å². The molecule has 0 aliphatic carbocycles. The largest absolute Gasteiger partial charge is 0.339 e. The predicted molar refractivity (Wildman–Crippen MR) is 95.0 cm³/mol. The maximum atomic E-state index is 12.7. The van der Waals surface area contributed by atoms with Gasteiger partial charge in [0.05, 0.1) is 17.0 Å². The quantitative estimate of drug-likeness (QED) is 0.756. The van der Waals surface area contributed by atoms with Gasteiger partial charge in [-0.1, -0.05) is 29.4 Å². The summed E-state index contributed by atoms with van der Waals surface area (Å²) >= 11 is 0. The molecule has 3 aromatic rings. The lowest BCUT2D eigenvalue weighted by molar-refractivity contribution is 0.381. The Morgan fingerprint density at radius 3 is 2.48 bits per heavy atom. The second-order valence-corrected chi connectivity index (χ2v) is 7.60. The van der Waals surface area contributed by atoms with Gasteiger partial charge >= 0.3 is 0 Å². The Balaban J connectivity index is 1.90. The molecule has 0 fully saturated rings. The zero-order valence-corrected chi connectivity index (χ0v) is 15.1. The Hall–Kier alpha value is -2.67. The first-order chi connectivity index (χ1) is 11.8. The van der Waals surface area contributed by atoms with Crippen molar-refractivity contribution < 1.29 is 12.9 Å². The first kappa shape index (κ1) is 17.2. The van der Waals surface area contributed by atoms with E-state index in [2.05, 4.69) is 14.9 Å². The number of sulfonamides is 1. The van der Waals surface area contributed by atoms with Crippen molar-refractivity contribution in [1.82, 2.24) is 10.1 Å². The van der Waals surface area contributed by atoms with Gasteiger partial charge in [-0.2, -0.15) is 4.98 Å². The third-order valence-corrected chi connectivity index (χ3v) is 5.32. The van der Waals surface area contributed by atoms with Gasteiger partial charge in [0.15, 0.2) is 5.82 Å². The number of rotatable bonds is 5. The lowest BCUT2D eigenvalue weighted by Gasteiger charge is -2.12. The van der Waals surface area contributed by atoms with Gasteiger partial charge in [0, 0.05) is 0 Å². The fourth-order valence-corrected chi connectivity index (χ4v) is 3.62. The minimum absolute atomic E-state index is 0.235. The number of anilines is 1. The monoisotopic (exact) mass is 357 g/mol. The van der Waals surface area contributed by atoms with E-state index in [4.69, 9.17) is 4.52 Å². The molecular weight excluding hydrogens is 338 g/mol. The second-order valence-electron chi connectivity index (χ2n) is 5.92. The van der Waals surface area contributed by atoms with Crippen LogP contribution < -0.4 is 4.72 Å². The van der Waals surface area contributed by atoms with Crippen LogP contribution in [0.4, 0.5) is 5.69 Å². The maximum absolute atomic E-state index is 12.7. The molecule has 6 nitrogen and oxygen atoms in total. The molecule has 0 atom stereocenters. The highest BCUT2D eigenvalue weighted by Gasteiger charge is 2.17. The van der Waals surface area contributed by atoms with Crippen molar-refractivity contribution in [3.8, 4) is 0 Å². The SMILES string of the molecule is Cc1noc(Cc2ccccc2NS(=O)(=O)c2ccc(C)c(C)c2)n1. The van der Waals surface area contributed by atoms with E-state index in [-0.39, 0.29) is 4.90 Å². The number of aryl methyl sites for hydroxylation is 3. The summed E-state index contributed by atoms with van der Waals surface area (Å²) in [6, 6.07) is 12.2. The highest BCUT2D eigenvalue weighted by molar-refractivity contribution is 7.92. The van der Waals surface area contributed by atoms with Gasteiger partial charge in [0.25, 0.3) is 10.0 Å². The third kappa shape index (κ3) is 3.88. The van der Waals surface area contributed by atoms with E-state index in [0.717, 1.165) is 16.7 Å². The fraction of sp³-hybridized carbons (Fsp3) is 0.222. The minimum atomic E-state index is -3.68. The molecule has 0 radical (unpaired) electrons. The molecule has 25 heavy (non-hydrogen) atoms. The van der Waals surface area contributed by atoms with Crippen molar-refractivity contribution in [3.63, 3.8) is 0 Å². The molecule has 0 saturated heterocycles. The summed E-state index contributed by atoms with van der Waals surface area (Å²) in [7, 11) is -3.68. The van der Waals surface area contributed by atoms with Crippen LogP contribution in [0.1, 0.15) is 28.4 Å². The standard InChI is InChI=1S/C18H19N3O3S/c1-12-8-9-16(10-13(12)2)25(22,23)21-17-7-5-4-6-15(17)11-18-19-14(3)20-24-18/h4-10,21H,11H2,1-3H3. The number of benzene rings is 2. The maximum Gasteiger partial charge on any atom is 0.261 e. The van der Waals surface area contributed by atoms with Gasteiger partial charge in [0.2, 0.25) is 5.89 Å². The number of hydrogen-bond donors (Lipinski definition) is 1. The normalized spacial score (nSPS) is 11.5. The van der Waals surface area contributed by atoms with E-state index in [1.54, 1.807) is 37.3 Å². The molecule has 0 saturated carbocycles. The van der Waals surface area contributed by atoms with E-state index >= 15 is 0 Å². The van der Waals surface area contributed by atoms with Crippen LogP contribution in [0.25, 0.3) is 0 Å². The molecule has 2 aromatic carbocycles. The van der Waals surface area contributed by atoms with Crippen LogP contribution in [-0.2, 0) is 16.4 Å². The zero-order valence-electron chi connectivity index (χ0n) is 14.3. The Morgan fingerprint density at radius 1 is 1.04 bits per heavy atom. The molecule has 7 heteroatoms. The fourth-order valence-electron chi connectivity index (χ4n) is 2.43. The molecule has 0 aliphatic rings. The van der Waals surface area contributed by atoms with Gasteiger partial charge in [-0.3, -0.25) is 4.72 Å². The average molecular weight is 357 g/mol. The lowest BCUT2D eigenvalue weighted by atomic mass is 10.1. The van der Waals surface area contributed by atoms with Crippen molar-refractivity contribution in [2.75, 3.05) is 4.72 Å². The molecule has 0 aliphatic heterocycles. The summed E-state index contributed by atoms with van der Waals surface area (Å²) < 4.78 is 33.2. The third-order valence-electron chi connectivity index (χ3n) is 3.96. The molecular formula is C18H19N3O3S. The summed E-state index contributed by atoms with van der Waals surface area (Å²) in [5.41, 5.74) is 3.23. The van der Waals surface area contributed by atoms with Crippen LogP contribution in [-0.4, -0.2) is 18.6 Å². The summed E-state index contributed by atoms with van der Waals surface area (Å²) in [4.78, 5) is 4.40. The number of nitrogens with one attached hydrogen (secondary N) is 1. The molecule has 1 aromatic heterocycles. The number of para-hydroxylation sites is 1. The van der Waals surface area contributed by atoms with Crippen molar-refractivity contribution in [2.24, 2.45) is 0 Å². The van der Waals surface area contributed by atoms with E-state index in [0.29, 0.717) is 23.8 Å². The summed E-state index contributed by atoms with van der Waals surface area (Å²) in [6.45, 7) is 5.57. The smallest absolute Gasteiger partial charge is 0.261 e. The van der Waals surface area contributed by atoms with Crippen molar-refractivity contribution in [1.29, 1.82) is 0 Å². The topological polar surface area (TPSA) is 85.1 Å². The zero-order chi connectivity index (χ0) is 18.0. The van der Waals surface area contributed by atoms with Crippen LogP contribution in [0, 0.1) is 20.8 Å². The van der Waals surface area contributed by atoms with Gasteiger partial charge in [0.1, 0.15) is 0 Å². The Kier molecular flexibility index (Phi) is 4.59. The molecule has 0 spiro atoms. The Bertz CT molecular complexity index is 1010. The number of nitrogens with zero attached hydrogens (tertiary/aromatic N) is 2. The molecule has 3 rings (SSSR count). The first-order valence-corrected chi connectivity index (χ1v) is 9.30. The Labute approximate surface area is 147 Å². The van der Waals surface area contributed by atoms with Crippen LogP contribution in [0.15, 0.2) is 51.9 Å². The highest BCUT2D eigenvalue weighted by Crippen LogP contribution is 2.23. The summed E-state index contributed by atoms with van der Waals surface area (Å²) in [5, 5.41) is 3.76. The lowest BCUT2D eigenvalue weighted by Crippen LogP contribution is -2.14. The number of aromatic nitrogens is 2. The van der Waals surface area contributed by atoms with Gasteiger partial charge in [-0.15, -0.1) is 0 Å². The number of hydrogen-bond acceptors (Lipinski definition) is 5. The summed E-state index contributed by atoms with van der Waals surface area (Å²) in [6.07, 6.45) is 0.354. The molecule has 0 unspecified atom stereocenters. The van der Waals surface area contributed by atoms with Crippen molar-refractivity contribution >= 4 is 15.7 Å². The molecule has 130 valence electrons. The molecule has 0 amide bonds. The van der Waals surface area contributed by atoms with Crippen LogP contribution in [0.2, 0.25) is 0 Å². The average Bonchev–Trinajstić information content (AvgIpc) is 2.96. The first-order valence-electron chi connectivity index (χ1n) is 7.82. The molecule has 1 N–H and O–H groups in total. The molecule has 0 bridgehead atoms. The molecule has 1 heterocycles.